The third kappa shape index (κ3) is 5.80. The van der Waals surface area contributed by atoms with Crippen molar-refractivity contribution in [1.82, 2.24) is 15.1 Å². The third-order valence-electron chi connectivity index (χ3n) is 5.08. The number of guanidine groups is 1. The molecule has 0 radical (unpaired) electrons. The number of hydrogen-bond acceptors (Lipinski definition) is 2. The number of aliphatic imine (C=N–C) groups is 1. The summed E-state index contributed by atoms with van der Waals surface area (Å²) in [6.45, 7) is 5.56. The van der Waals surface area contributed by atoms with E-state index in [-0.39, 0.29) is 36.4 Å². The van der Waals surface area contributed by atoms with E-state index in [2.05, 4.69) is 22.1 Å². The molecule has 2 aliphatic rings. The highest BCUT2D eigenvalue weighted by Gasteiger charge is 2.41. The number of likely N-dealkylation sites (tertiary alicyclic amines) is 1. The molecule has 0 bridgehead atoms. The van der Waals surface area contributed by atoms with Crippen molar-refractivity contribution in [2.75, 3.05) is 40.3 Å². The minimum absolute atomic E-state index is 0. The van der Waals surface area contributed by atoms with E-state index in [1.54, 1.807) is 19.0 Å². The van der Waals surface area contributed by atoms with E-state index in [0.717, 1.165) is 32.0 Å². The van der Waals surface area contributed by atoms with Crippen LogP contribution in [0.4, 0.5) is 0 Å². The zero-order chi connectivity index (χ0) is 16.0. The van der Waals surface area contributed by atoms with Crippen LogP contribution in [0.1, 0.15) is 51.9 Å². The van der Waals surface area contributed by atoms with Gasteiger partial charge in [0.25, 0.3) is 0 Å². The largest absolute Gasteiger partial charge is 0.356 e. The summed E-state index contributed by atoms with van der Waals surface area (Å²) in [5.41, 5.74) is 0.527. The molecule has 1 spiro atoms. The molecule has 2 fully saturated rings. The number of carbonyl (C=O) groups is 1. The lowest BCUT2D eigenvalue weighted by Crippen LogP contribution is -2.42. The molecule has 1 aliphatic carbocycles. The maximum absolute atomic E-state index is 11.8. The number of carbonyl (C=O) groups excluding carboxylic acids is 1. The van der Waals surface area contributed by atoms with E-state index in [0.29, 0.717) is 5.41 Å². The minimum Gasteiger partial charge on any atom is -0.356 e. The van der Waals surface area contributed by atoms with E-state index >= 15 is 0 Å². The normalized spacial score (nSPS) is 19.8. The van der Waals surface area contributed by atoms with Gasteiger partial charge in [-0.15, -0.1) is 24.0 Å². The number of likely N-dealkylation sites (N-methyl/N-ethyl adjacent to an activating group) is 1. The minimum atomic E-state index is 0. The molecule has 1 heterocycles. The van der Waals surface area contributed by atoms with Gasteiger partial charge in [-0.2, -0.15) is 0 Å². The van der Waals surface area contributed by atoms with E-state index in [1.807, 2.05) is 0 Å². The number of rotatable bonds is 5. The molecule has 6 heteroatoms. The van der Waals surface area contributed by atoms with Gasteiger partial charge in [-0.05, 0) is 31.1 Å². The molecule has 1 saturated heterocycles. The summed E-state index contributed by atoms with van der Waals surface area (Å²) in [6, 6.07) is 0. The predicted octanol–water partition coefficient (Wildman–Crippen LogP) is 2.70. The van der Waals surface area contributed by atoms with Gasteiger partial charge < -0.3 is 15.1 Å². The molecule has 23 heavy (non-hydrogen) atoms. The average Bonchev–Trinajstić information content (AvgIpc) is 3.13. The first-order chi connectivity index (χ1) is 10.6. The summed E-state index contributed by atoms with van der Waals surface area (Å²) in [4.78, 5) is 20.4. The quantitative estimate of drug-likeness (QED) is 0.312. The van der Waals surface area contributed by atoms with Crippen LogP contribution in [-0.4, -0.2) is 61.9 Å². The predicted molar refractivity (Wildman–Crippen MR) is 106 cm³/mol. The number of nitrogens with one attached hydrogen (secondary N) is 1. The molecular weight excluding hydrogens is 403 g/mol. The molecule has 0 aromatic carbocycles. The number of halogens is 1. The van der Waals surface area contributed by atoms with Crippen LogP contribution in [0.15, 0.2) is 4.99 Å². The maximum atomic E-state index is 11.8. The van der Waals surface area contributed by atoms with Crippen molar-refractivity contribution in [1.29, 1.82) is 0 Å². The summed E-state index contributed by atoms with van der Waals surface area (Å²) in [5, 5.41) is 3.47. The van der Waals surface area contributed by atoms with E-state index < -0.39 is 0 Å². The first-order valence-corrected chi connectivity index (χ1v) is 8.80. The Hall–Kier alpha value is -0.530. The van der Waals surface area contributed by atoms with Crippen LogP contribution in [-0.2, 0) is 4.79 Å². The summed E-state index contributed by atoms with van der Waals surface area (Å²) in [5.74, 6) is 0.997. The van der Waals surface area contributed by atoms with Gasteiger partial charge in [-0.3, -0.25) is 4.79 Å². The smallest absolute Gasteiger partial charge is 0.243 e. The molecule has 1 N–H and O–H groups in total. The van der Waals surface area contributed by atoms with Gasteiger partial charge in [-0.1, -0.05) is 26.2 Å². The second kappa shape index (κ2) is 9.69. The molecule has 5 nitrogen and oxygen atoms in total. The monoisotopic (exact) mass is 436 g/mol. The molecule has 0 atom stereocenters. The van der Waals surface area contributed by atoms with Crippen molar-refractivity contribution in [2.45, 2.75) is 51.9 Å². The van der Waals surface area contributed by atoms with Gasteiger partial charge in [0, 0.05) is 33.7 Å². The van der Waals surface area contributed by atoms with Crippen LogP contribution in [0.3, 0.4) is 0 Å². The van der Waals surface area contributed by atoms with Crippen molar-refractivity contribution >= 4 is 35.8 Å². The third-order valence-corrected chi connectivity index (χ3v) is 5.08. The van der Waals surface area contributed by atoms with E-state index in [4.69, 9.17) is 0 Å². The lowest BCUT2D eigenvalue weighted by molar-refractivity contribution is -0.127. The van der Waals surface area contributed by atoms with Gasteiger partial charge in [0.1, 0.15) is 6.54 Å². The Morgan fingerprint density at radius 2 is 1.96 bits per heavy atom. The fourth-order valence-electron chi connectivity index (χ4n) is 3.58. The fraction of sp³-hybridized carbons (Fsp3) is 0.882. The molecule has 0 unspecified atom stereocenters. The zero-order valence-electron chi connectivity index (χ0n) is 14.9. The van der Waals surface area contributed by atoms with Crippen molar-refractivity contribution in [3.8, 4) is 0 Å². The Labute approximate surface area is 158 Å². The van der Waals surface area contributed by atoms with E-state index in [9.17, 15) is 4.79 Å². The molecular formula is C17H33IN4O. The van der Waals surface area contributed by atoms with Crippen molar-refractivity contribution in [2.24, 2.45) is 10.4 Å². The van der Waals surface area contributed by atoms with Gasteiger partial charge in [0.2, 0.25) is 5.91 Å². The topological polar surface area (TPSA) is 47.9 Å². The second-order valence-electron chi connectivity index (χ2n) is 7.09. The van der Waals surface area contributed by atoms with Crippen LogP contribution in [0.2, 0.25) is 0 Å². The maximum Gasteiger partial charge on any atom is 0.243 e. The zero-order valence-corrected chi connectivity index (χ0v) is 17.3. The summed E-state index contributed by atoms with van der Waals surface area (Å²) >= 11 is 0. The van der Waals surface area contributed by atoms with Gasteiger partial charge in [0.05, 0.1) is 0 Å². The number of unbranched alkanes of at least 4 members (excludes halogenated alkanes) is 1. The first kappa shape index (κ1) is 20.5. The summed E-state index contributed by atoms with van der Waals surface area (Å²) in [6.07, 6.45) is 9.07. The van der Waals surface area contributed by atoms with Crippen LogP contribution in [0, 0.1) is 5.41 Å². The molecule has 1 amide bonds. The van der Waals surface area contributed by atoms with Gasteiger partial charge >= 0.3 is 0 Å². The Morgan fingerprint density at radius 3 is 2.57 bits per heavy atom. The molecule has 0 aromatic heterocycles. The number of hydrogen-bond donors (Lipinski definition) is 1. The second-order valence-corrected chi connectivity index (χ2v) is 7.09. The summed E-state index contributed by atoms with van der Waals surface area (Å²) < 4.78 is 0. The first-order valence-electron chi connectivity index (χ1n) is 8.80. The van der Waals surface area contributed by atoms with Gasteiger partial charge in [-0.25, -0.2) is 4.99 Å². The highest BCUT2D eigenvalue weighted by Crippen LogP contribution is 2.45. The van der Waals surface area contributed by atoms with Crippen LogP contribution in [0.25, 0.3) is 0 Å². The molecule has 0 aromatic rings. The Balaban J connectivity index is 0.00000264. The van der Waals surface area contributed by atoms with Crippen molar-refractivity contribution in [3.63, 3.8) is 0 Å². The fourth-order valence-corrected chi connectivity index (χ4v) is 3.58. The lowest BCUT2D eigenvalue weighted by atomic mass is 9.86. The average molecular weight is 436 g/mol. The Morgan fingerprint density at radius 1 is 1.26 bits per heavy atom. The van der Waals surface area contributed by atoms with Gasteiger partial charge in [0.15, 0.2) is 5.96 Å². The lowest BCUT2D eigenvalue weighted by Gasteiger charge is -2.26. The molecule has 134 valence electrons. The Bertz CT molecular complexity index is 405. The van der Waals surface area contributed by atoms with Crippen LogP contribution >= 0.6 is 24.0 Å². The van der Waals surface area contributed by atoms with Crippen molar-refractivity contribution in [3.05, 3.63) is 0 Å². The Kier molecular flexibility index (Phi) is 8.64. The molecule has 1 aliphatic heterocycles. The summed E-state index contributed by atoms with van der Waals surface area (Å²) in [7, 11) is 3.57. The van der Waals surface area contributed by atoms with Crippen LogP contribution in [0.5, 0.6) is 0 Å². The highest BCUT2D eigenvalue weighted by atomic mass is 127. The standard InChI is InChI=1S/C17H32N4O.HI/c1-4-5-11-18-16(19-13-15(22)20(2)3)21-12-10-17(14-21)8-6-7-9-17;/h4-14H2,1-3H3,(H,18,19);1H. The SMILES string of the molecule is CCCCNC(=NCC(=O)N(C)C)N1CCC2(CCCC2)C1.I. The molecule has 1 saturated carbocycles. The van der Waals surface area contributed by atoms with E-state index in [1.165, 1.54) is 38.5 Å². The number of nitrogens with zero attached hydrogens (tertiary/aromatic N) is 3. The highest BCUT2D eigenvalue weighted by molar-refractivity contribution is 14.0. The van der Waals surface area contributed by atoms with Crippen molar-refractivity contribution < 1.29 is 4.79 Å². The number of amides is 1. The van der Waals surface area contributed by atoms with Crippen LogP contribution < -0.4 is 5.32 Å². The molecule has 2 rings (SSSR count).